The van der Waals surface area contributed by atoms with Crippen LogP contribution in [0.1, 0.15) is 31.2 Å². The van der Waals surface area contributed by atoms with E-state index in [2.05, 4.69) is 31.8 Å². The van der Waals surface area contributed by atoms with Gasteiger partial charge in [-0.05, 0) is 71.4 Å². The molecule has 5 nitrogen and oxygen atoms in total. The summed E-state index contributed by atoms with van der Waals surface area (Å²) in [6.07, 6.45) is 1.59. The van der Waals surface area contributed by atoms with E-state index in [0.717, 1.165) is 14.2 Å². The van der Waals surface area contributed by atoms with Gasteiger partial charge in [0.1, 0.15) is 0 Å². The molecule has 0 fully saturated rings. The number of carbonyl (C=O) groups excluding carboxylic acids is 2. The fourth-order valence-corrected chi connectivity index (χ4v) is 3.61. The Morgan fingerprint density at radius 2 is 1.78 bits per heavy atom. The molecule has 2 amide bonds. The van der Waals surface area contributed by atoms with E-state index in [1.54, 1.807) is 36.5 Å². The van der Waals surface area contributed by atoms with Crippen molar-refractivity contribution >= 4 is 51.0 Å². The predicted octanol–water partition coefficient (Wildman–Crippen LogP) is 4.84. The average molecular weight is 442 g/mol. The van der Waals surface area contributed by atoms with Crippen LogP contribution in [0.4, 0.5) is 5.69 Å². The average Bonchev–Trinajstić information content (AvgIpc) is 3.07. The maximum atomic E-state index is 12.3. The third-order valence-electron chi connectivity index (χ3n) is 3.64. The third-order valence-corrected chi connectivity index (χ3v) is 5.20. The summed E-state index contributed by atoms with van der Waals surface area (Å²) in [5, 5.41) is 6.76. The zero-order valence-electron chi connectivity index (χ0n) is 14.4. The number of hydrogen-bond donors (Lipinski definition) is 2. The number of nitrogens with zero attached hydrogens (tertiary/aromatic N) is 1. The summed E-state index contributed by atoms with van der Waals surface area (Å²) in [6, 6.07) is 17.8. The quantitative estimate of drug-likeness (QED) is 0.439. The Morgan fingerprint density at radius 3 is 2.44 bits per heavy atom. The largest absolute Gasteiger partial charge is 0.322 e. The predicted molar refractivity (Wildman–Crippen MR) is 113 cm³/mol. The first-order valence-electron chi connectivity index (χ1n) is 8.08. The zero-order valence-corrected chi connectivity index (χ0v) is 16.8. The second-order valence-corrected chi connectivity index (χ2v) is 8.24. The number of carbonyl (C=O) groups is 2. The van der Waals surface area contributed by atoms with Crippen LogP contribution in [0, 0.1) is 6.92 Å². The van der Waals surface area contributed by atoms with Gasteiger partial charge in [-0.1, -0.05) is 17.7 Å². The number of hydrogen-bond acceptors (Lipinski definition) is 4. The lowest BCUT2D eigenvalue weighted by Gasteiger charge is -2.07. The van der Waals surface area contributed by atoms with E-state index in [1.807, 2.05) is 37.3 Å². The molecule has 0 spiro atoms. The van der Waals surface area contributed by atoms with Crippen LogP contribution in [0.15, 0.2) is 69.6 Å². The molecule has 0 bridgehead atoms. The number of anilines is 1. The van der Waals surface area contributed by atoms with Crippen molar-refractivity contribution in [2.24, 2.45) is 5.10 Å². The van der Waals surface area contributed by atoms with Crippen LogP contribution in [0.25, 0.3) is 0 Å². The maximum absolute atomic E-state index is 12.3. The van der Waals surface area contributed by atoms with Gasteiger partial charge in [0.05, 0.1) is 10.0 Å². The van der Waals surface area contributed by atoms with Crippen molar-refractivity contribution in [1.29, 1.82) is 0 Å². The van der Waals surface area contributed by atoms with E-state index >= 15 is 0 Å². The van der Waals surface area contributed by atoms with Gasteiger partial charge in [-0.15, -0.1) is 11.3 Å². The van der Waals surface area contributed by atoms with E-state index in [9.17, 15) is 9.59 Å². The molecule has 0 aliphatic carbocycles. The van der Waals surface area contributed by atoms with Crippen molar-refractivity contribution in [3.8, 4) is 0 Å². The van der Waals surface area contributed by atoms with Gasteiger partial charge in [0.2, 0.25) is 0 Å². The van der Waals surface area contributed by atoms with Gasteiger partial charge in [0.15, 0.2) is 0 Å². The van der Waals surface area contributed by atoms with Crippen LogP contribution in [0.3, 0.4) is 0 Å². The minimum atomic E-state index is -0.321. The van der Waals surface area contributed by atoms with Gasteiger partial charge in [0.25, 0.3) is 11.8 Å². The van der Waals surface area contributed by atoms with Crippen molar-refractivity contribution in [3.63, 3.8) is 0 Å². The summed E-state index contributed by atoms with van der Waals surface area (Å²) in [4.78, 5) is 25.3. The molecule has 3 rings (SSSR count). The van der Waals surface area contributed by atoms with Crippen molar-refractivity contribution in [3.05, 3.63) is 86.0 Å². The Hall–Kier alpha value is -2.77. The molecule has 0 saturated heterocycles. The Balaban J connectivity index is 1.58. The fraction of sp³-hybridized carbons (Fsp3) is 0.0500. The number of hydrazone groups is 1. The third kappa shape index (κ3) is 5.35. The molecule has 0 radical (unpaired) electrons. The molecular weight excluding hydrogens is 426 g/mol. The number of aryl methyl sites for hydroxylation is 1. The number of amides is 2. The summed E-state index contributed by atoms with van der Waals surface area (Å²) < 4.78 is 0.999. The molecule has 0 unspecified atom stereocenters. The highest BCUT2D eigenvalue weighted by Gasteiger charge is 2.08. The van der Waals surface area contributed by atoms with E-state index < -0.39 is 0 Å². The monoisotopic (exact) mass is 441 g/mol. The molecule has 0 aliphatic rings. The topological polar surface area (TPSA) is 70.6 Å². The number of thiophene rings is 1. The van der Waals surface area contributed by atoms with E-state index in [4.69, 9.17) is 0 Å². The van der Waals surface area contributed by atoms with Crippen molar-refractivity contribution in [2.45, 2.75) is 6.92 Å². The first-order chi connectivity index (χ1) is 13.0. The Morgan fingerprint density at radius 1 is 1.00 bits per heavy atom. The summed E-state index contributed by atoms with van der Waals surface area (Å²) in [5.74, 6) is -0.513. The Bertz CT molecular complexity index is 996. The highest BCUT2D eigenvalue weighted by atomic mass is 79.9. The molecule has 1 heterocycles. The highest BCUT2D eigenvalue weighted by Crippen LogP contribution is 2.20. The van der Waals surface area contributed by atoms with Crippen LogP contribution in [-0.4, -0.2) is 18.0 Å². The SMILES string of the molecule is Cc1cccc(C(=O)Nc2ccc(C(=O)NN=Cc3ccc(Br)s3)cc2)c1. The Kier molecular flexibility index (Phi) is 6.16. The summed E-state index contributed by atoms with van der Waals surface area (Å²) in [6.45, 7) is 1.93. The van der Waals surface area contributed by atoms with Gasteiger partial charge in [-0.3, -0.25) is 9.59 Å². The molecule has 1 aromatic heterocycles. The van der Waals surface area contributed by atoms with Crippen LogP contribution < -0.4 is 10.7 Å². The minimum Gasteiger partial charge on any atom is -0.322 e. The van der Waals surface area contributed by atoms with Crippen molar-refractivity contribution < 1.29 is 9.59 Å². The van der Waals surface area contributed by atoms with Crippen molar-refractivity contribution in [2.75, 3.05) is 5.32 Å². The van der Waals surface area contributed by atoms with E-state index in [0.29, 0.717) is 16.8 Å². The lowest BCUT2D eigenvalue weighted by Crippen LogP contribution is -2.17. The summed E-state index contributed by atoms with van der Waals surface area (Å²) in [5.41, 5.74) is 5.16. The molecule has 0 atom stereocenters. The lowest BCUT2D eigenvalue weighted by molar-refractivity contribution is 0.0954. The smallest absolute Gasteiger partial charge is 0.271 e. The number of rotatable bonds is 5. The second kappa shape index (κ2) is 8.75. The van der Waals surface area contributed by atoms with Gasteiger partial charge in [-0.25, -0.2) is 5.43 Å². The van der Waals surface area contributed by atoms with Gasteiger partial charge in [-0.2, -0.15) is 5.10 Å². The molecule has 2 N–H and O–H groups in total. The van der Waals surface area contributed by atoms with Gasteiger partial charge < -0.3 is 5.32 Å². The van der Waals surface area contributed by atoms with Crippen molar-refractivity contribution in [1.82, 2.24) is 5.43 Å². The van der Waals surface area contributed by atoms with Gasteiger partial charge in [0, 0.05) is 21.7 Å². The Labute approximate surface area is 169 Å². The molecule has 0 saturated carbocycles. The molecule has 7 heteroatoms. The van der Waals surface area contributed by atoms with E-state index in [-0.39, 0.29) is 11.8 Å². The molecule has 2 aromatic carbocycles. The fourth-order valence-electron chi connectivity index (χ4n) is 2.31. The molecule has 0 aliphatic heterocycles. The first kappa shape index (κ1) is 19.0. The second-order valence-electron chi connectivity index (χ2n) is 5.74. The number of benzene rings is 2. The molecule has 136 valence electrons. The van der Waals surface area contributed by atoms with Crippen LogP contribution in [-0.2, 0) is 0 Å². The first-order valence-corrected chi connectivity index (χ1v) is 9.69. The van der Waals surface area contributed by atoms with Gasteiger partial charge >= 0.3 is 0 Å². The maximum Gasteiger partial charge on any atom is 0.271 e. The summed E-state index contributed by atoms with van der Waals surface area (Å²) >= 11 is 4.89. The minimum absolute atomic E-state index is 0.192. The normalized spacial score (nSPS) is 10.7. The highest BCUT2D eigenvalue weighted by molar-refractivity contribution is 9.11. The molecular formula is C20H16BrN3O2S. The zero-order chi connectivity index (χ0) is 19.2. The lowest BCUT2D eigenvalue weighted by atomic mass is 10.1. The standard InChI is InChI=1S/C20H16BrN3O2S/c1-13-3-2-4-15(11-13)19(25)23-16-7-5-14(6-8-16)20(26)24-22-12-17-9-10-18(21)27-17/h2-12H,1H3,(H,23,25)(H,24,26). The molecule has 27 heavy (non-hydrogen) atoms. The number of halogens is 1. The van der Waals surface area contributed by atoms with Crippen LogP contribution >= 0.6 is 27.3 Å². The summed E-state index contributed by atoms with van der Waals surface area (Å²) in [7, 11) is 0. The number of nitrogens with one attached hydrogen (secondary N) is 2. The molecule has 3 aromatic rings. The van der Waals surface area contributed by atoms with E-state index in [1.165, 1.54) is 11.3 Å². The van der Waals surface area contributed by atoms with Crippen LogP contribution in [0.5, 0.6) is 0 Å². The van der Waals surface area contributed by atoms with Crippen LogP contribution in [0.2, 0.25) is 0 Å².